The molecule has 96 valence electrons. The van der Waals surface area contributed by atoms with E-state index >= 15 is 0 Å². The lowest BCUT2D eigenvalue weighted by atomic mass is 9.75. The van der Waals surface area contributed by atoms with Crippen LogP contribution in [0.5, 0.6) is 0 Å². The maximum Gasteiger partial charge on any atom is 0.0735 e. The van der Waals surface area contributed by atoms with E-state index < -0.39 is 0 Å². The highest BCUT2D eigenvalue weighted by atomic mass is 79.9. The van der Waals surface area contributed by atoms with Gasteiger partial charge in [0.15, 0.2) is 0 Å². The molecule has 1 unspecified atom stereocenters. The van der Waals surface area contributed by atoms with Gasteiger partial charge in [-0.3, -0.25) is 0 Å². The van der Waals surface area contributed by atoms with E-state index in [0.717, 1.165) is 5.92 Å². The van der Waals surface area contributed by atoms with Gasteiger partial charge in [-0.15, -0.1) is 22.9 Å². The molecule has 0 spiro atoms. The summed E-state index contributed by atoms with van der Waals surface area (Å²) in [6.07, 6.45) is 6.56. The second kappa shape index (κ2) is 5.63. The molecule has 1 atom stereocenters. The molecule has 0 radical (unpaired) electrons. The van der Waals surface area contributed by atoms with E-state index in [9.17, 15) is 0 Å². The van der Waals surface area contributed by atoms with Crippen molar-refractivity contribution in [3.8, 4) is 0 Å². The van der Waals surface area contributed by atoms with Gasteiger partial charge >= 0.3 is 0 Å². The van der Waals surface area contributed by atoms with Gasteiger partial charge in [0.25, 0.3) is 0 Å². The Bertz CT molecular complexity index is 366. The van der Waals surface area contributed by atoms with Crippen molar-refractivity contribution in [2.75, 3.05) is 0 Å². The fraction of sp³-hybridized carbons (Fsp3) is 0.714. The van der Waals surface area contributed by atoms with Gasteiger partial charge in [0.1, 0.15) is 0 Å². The molecular weight excluding hydrogens is 316 g/mol. The highest BCUT2D eigenvalue weighted by Crippen LogP contribution is 2.55. The highest BCUT2D eigenvalue weighted by molar-refractivity contribution is 9.11. The maximum absolute atomic E-state index is 6.82. The largest absolute Gasteiger partial charge is 0.132 e. The van der Waals surface area contributed by atoms with Crippen molar-refractivity contribution in [3.05, 3.63) is 20.8 Å². The Kier molecular flexibility index (Phi) is 4.60. The van der Waals surface area contributed by atoms with Gasteiger partial charge in [-0.2, -0.15) is 0 Å². The molecule has 0 aliphatic heterocycles. The third kappa shape index (κ3) is 3.08. The second-order valence-corrected chi connectivity index (χ2v) is 8.60. The Morgan fingerprint density at radius 1 is 1.35 bits per heavy atom. The minimum Gasteiger partial charge on any atom is -0.132 e. The fourth-order valence-corrected chi connectivity index (χ4v) is 5.28. The number of thiophene rings is 1. The first-order valence-corrected chi connectivity index (χ1v) is 8.47. The van der Waals surface area contributed by atoms with Gasteiger partial charge in [0.05, 0.1) is 9.16 Å². The number of alkyl halides is 1. The van der Waals surface area contributed by atoms with Crippen molar-refractivity contribution in [2.45, 2.75) is 51.3 Å². The number of hydrogen-bond donors (Lipinski definition) is 0. The van der Waals surface area contributed by atoms with Crippen LogP contribution >= 0.6 is 38.9 Å². The van der Waals surface area contributed by atoms with E-state index in [0.29, 0.717) is 5.41 Å². The Hall–Kier alpha value is 0.470. The lowest BCUT2D eigenvalue weighted by molar-refractivity contribution is 0.225. The normalized spacial score (nSPS) is 21.0. The van der Waals surface area contributed by atoms with Gasteiger partial charge in [-0.1, -0.05) is 26.7 Å². The number of halogens is 2. The highest BCUT2D eigenvalue weighted by Gasteiger charge is 2.41. The van der Waals surface area contributed by atoms with Crippen LogP contribution in [0.15, 0.2) is 15.9 Å². The third-order valence-electron chi connectivity index (χ3n) is 3.80. The van der Waals surface area contributed by atoms with Crippen LogP contribution in [0.4, 0.5) is 0 Å². The summed E-state index contributed by atoms with van der Waals surface area (Å²) < 4.78 is 1.19. The Labute approximate surface area is 122 Å². The quantitative estimate of drug-likeness (QED) is 0.559. The fourth-order valence-electron chi connectivity index (χ4n) is 3.22. The Morgan fingerprint density at radius 3 is 2.47 bits per heavy atom. The standard InChI is InChI=1S/C14H20BrClS/c1-10(2)9-14(7-3-4-8-14)13(16)11-5-6-12(15)17-11/h5-6,10,13H,3-4,7-9H2,1-2H3. The number of hydrogen-bond acceptors (Lipinski definition) is 1. The summed E-state index contributed by atoms with van der Waals surface area (Å²) in [7, 11) is 0. The van der Waals surface area contributed by atoms with Crippen LogP contribution in [-0.4, -0.2) is 0 Å². The van der Waals surface area contributed by atoms with Gasteiger partial charge in [0, 0.05) is 4.88 Å². The van der Waals surface area contributed by atoms with Crippen molar-refractivity contribution in [2.24, 2.45) is 11.3 Å². The molecule has 1 aromatic rings. The van der Waals surface area contributed by atoms with Gasteiger partial charge in [-0.05, 0) is 58.7 Å². The van der Waals surface area contributed by atoms with E-state index in [1.54, 1.807) is 11.3 Å². The van der Waals surface area contributed by atoms with Crippen molar-refractivity contribution >= 4 is 38.9 Å². The lowest BCUT2D eigenvalue weighted by Crippen LogP contribution is -2.24. The van der Waals surface area contributed by atoms with E-state index in [1.165, 1.54) is 40.8 Å². The molecule has 1 aromatic heterocycles. The van der Waals surface area contributed by atoms with Crippen molar-refractivity contribution in [3.63, 3.8) is 0 Å². The Balaban J connectivity index is 2.21. The predicted octanol–water partition coefficient (Wildman–Crippen LogP) is 6.40. The zero-order valence-electron chi connectivity index (χ0n) is 10.5. The molecule has 0 aromatic carbocycles. The first kappa shape index (κ1) is 13.9. The molecular formula is C14H20BrClS. The van der Waals surface area contributed by atoms with Crippen LogP contribution < -0.4 is 0 Å². The molecule has 1 aliphatic carbocycles. The zero-order valence-corrected chi connectivity index (χ0v) is 13.7. The topological polar surface area (TPSA) is 0 Å². The Morgan fingerprint density at radius 2 is 2.00 bits per heavy atom. The minimum absolute atomic E-state index is 0.198. The molecule has 0 saturated heterocycles. The van der Waals surface area contributed by atoms with E-state index in [1.807, 2.05) is 0 Å². The van der Waals surface area contributed by atoms with Crippen molar-refractivity contribution in [1.82, 2.24) is 0 Å². The zero-order chi connectivity index (χ0) is 12.5. The average molecular weight is 336 g/mol. The first-order valence-electron chi connectivity index (χ1n) is 6.43. The van der Waals surface area contributed by atoms with Crippen LogP contribution in [0.1, 0.15) is 56.2 Å². The summed E-state index contributed by atoms with van der Waals surface area (Å²) in [5.74, 6) is 0.734. The molecule has 0 bridgehead atoms. The molecule has 0 nitrogen and oxygen atoms in total. The second-order valence-electron chi connectivity index (χ2n) is 5.67. The molecule has 3 heteroatoms. The van der Waals surface area contributed by atoms with E-state index in [4.69, 9.17) is 11.6 Å². The van der Waals surface area contributed by atoms with Gasteiger partial charge in [-0.25, -0.2) is 0 Å². The predicted molar refractivity (Wildman–Crippen MR) is 81.0 cm³/mol. The SMILES string of the molecule is CC(C)CC1(C(Cl)c2ccc(Br)s2)CCCC1. The van der Waals surface area contributed by atoms with Crippen LogP contribution in [-0.2, 0) is 0 Å². The minimum atomic E-state index is 0.198. The average Bonchev–Trinajstić information content (AvgIpc) is 2.86. The lowest BCUT2D eigenvalue weighted by Gasteiger charge is -2.35. The summed E-state index contributed by atoms with van der Waals surface area (Å²) in [5.41, 5.74) is 0.347. The van der Waals surface area contributed by atoms with Crippen LogP contribution in [0.2, 0.25) is 0 Å². The maximum atomic E-state index is 6.82. The summed E-state index contributed by atoms with van der Waals surface area (Å²) in [4.78, 5) is 1.33. The summed E-state index contributed by atoms with van der Waals surface area (Å²) in [5, 5.41) is 0.198. The summed E-state index contributed by atoms with van der Waals surface area (Å²) >= 11 is 12.1. The first-order chi connectivity index (χ1) is 8.03. The molecule has 1 heterocycles. The van der Waals surface area contributed by atoms with E-state index in [2.05, 4.69) is 41.9 Å². The smallest absolute Gasteiger partial charge is 0.0735 e. The summed E-state index contributed by atoms with van der Waals surface area (Å²) in [6, 6.07) is 4.31. The molecule has 0 amide bonds. The van der Waals surface area contributed by atoms with E-state index in [-0.39, 0.29) is 5.38 Å². The van der Waals surface area contributed by atoms with Crippen LogP contribution in [0.25, 0.3) is 0 Å². The van der Waals surface area contributed by atoms with Crippen LogP contribution in [0, 0.1) is 11.3 Å². The molecule has 2 rings (SSSR count). The summed E-state index contributed by atoms with van der Waals surface area (Å²) in [6.45, 7) is 4.63. The number of rotatable bonds is 4. The van der Waals surface area contributed by atoms with Crippen LogP contribution in [0.3, 0.4) is 0 Å². The molecule has 1 saturated carbocycles. The monoisotopic (exact) mass is 334 g/mol. The molecule has 1 fully saturated rings. The molecule has 17 heavy (non-hydrogen) atoms. The van der Waals surface area contributed by atoms with Gasteiger partial charge in [0.2, 0.25) is 0 Å². The molecule has 0 N–H and O–H groups in total. The van der Waals surface area contributed by atoms with Crippen molar-refractivity contribution < 1.29 is 0 Å². The molecule has 1 aliphatic rings. The van der Waals surface area contributed by atoms with Gasteiger partial charge < -0.3 is 0 Å². The third-order valence-corrected chi connectivity index (χ3v) is 6.31. The van der Waals surface area contributed by atoms with Crippen molar-refractivity contribution in [1.29, 1.82) is 0 Å².